The minimum absolute atomic E-state index is 0.287. The quantitative estimate of drug-likeness (QED) is 0.732. The lowest BCUT2D eigenvalue weighted by Crippen LogP contribution is -2.28. The molecule has 0 aromatic carbocycles. The molecular formula is C8H13N3O2. The monoisotopic (exact) mass is 183 g/mol. The second-order valence-electron chi connectivity index (χ2n) is 3.09. The Morgan fingerprint density at radius 2 is 2.46 bits per heavy atom. The number of hydrogen-bond acceptors (Lipinski definition) is 3. The fourth-order valence-electron chi connectivity index (χ4n) is 0.859. The molecule has 3 N–H and O–H groups in total. The van der Waals surface area contributed by atoms with Gasteiger partial charge in [0.2, 0.25) is 0 Å². The molecule has 13 heavy (non-hydrogen) atoms. The predicted molar refractivity (Wildman–Crippen MR) is 47.0 cm³/mol. The second kappa shape index (κ2) is 3.93. The van der Waals surface area contributed by atoms with Gasteiger partial charge in [-0.25, -0.2) is 4.79 Å². The largest absolute Gasteiger partial charge is 0.359 e. The molecule has 0 radical (unpaired) electrons. The molecule has 0 bridgehead atoms. The Morgan fingerprint density at radius 1 is 1.77 bits per heavy atom. The molecule has 1 heterocycles. The van der Waals surface area contributed by atoms with Gasteiger partial charge >= 0.3 is 6.03 Å². The molecule has 5 nitrogen and oxygen atoms in total. The van der Waals surface area contributed by atoms with Crippen LogP contribution in [0, 0.1) is 0 Å². The lowest BCUT2D eigenvalue weighted by atomic mass is 10.1. The first-order chi connectivity index (χ1) is 6.09. The van der Waals surface area contributed by atoms with Crippen molar-refractivity contribution < 1.29 is 9.32 Å². The van der Waals surface area contributed by atoms with E-state index in [1.165, 1.54) is 0 Å². The fraction of sp³-hybridized carbons (Fsp3) is 0.500. The number of nitrogens with two attached hydrogens (primary N) is 1. The third kappa shape index (κ3) is 2.77. The summed E-state index contributed by atoms with van der Waals surface area (Å²) in [4.78, 5) is 10.4. The maximum absolute atomic E-state index is 10.4. The lowest BCUT2D eigenvalue weighted by molar-refractivity contribution is 0.247. The third-order valence-electron chi connectivity index (χ3n) is 1.61. The Balaban J connectivity index is 2.54. The van der Waals surface area contributed by atoms with Crippen molar-refractivity contribution in [3.05, 3.63) is 17.5 Å². The van der Waals surface area contributed by atoms with Gasteiger partial charge in [-0.2, -0.15) is 0 Å². The smallest absolute Gasteiger partial charge is 0.312 e. The molecule has 0 fully saturated rings. The molecular weight excluding hydrogens is 170 g/mol. The van der Waals surface area contributed by atoms with Gasteiger partial charge in [-0.3, -0.25) is 0 Å². The van der Waals surface area contributed by atoms with Crippen LogP contribution in [-0.4, -0.2) is 11.2 Å². The van der Waals surface area contributed by atoms with Crippen LogP contribution in [0.25, 0.3) is 0 Å². The molecule has 0 saturated carbocycles. The van der Waals surface area contributed by atoms with E-state index in [0.717, 1.165) is 5.69 Å². The number of amides is 2. The Morgan fingerprint density at radius 3 is 2.92 bits per heavy atom. The molecule has 0 spiro atoms. The molecule has 2 amide bonds. The van der Waals surface area contributed by atoms with Crippen LogP contribution in [0.3, 0.4) is 0 Å². The zero-order valence-corrected chi connectivity index (χ0v) is 7.70. The summed E-state index contributed by atoms with van der Waals surface area (Å²) >= 11 is 0. The molecule has 72 valence electrons. The van der Waals surface area contributed by atoms with Gasteiger partial charge in [-0.1, -0.05) is 19.0 Å². The maximum Gasteiger partial charge on any atom is 0.312 e. The third-order valence-corrected chi connectivity index (χ3v) is 1.61. The topological polar surface area (TPSA) is 81.1 Å². The predicted octanol–water partition coefficient (Wildman–Crippen LogP) is 0.966. The number of primary amides is 1. The number of hydrogen-bond donors (Lipinski definition) is 2. The molecule has 0 saturated heterocycles. The van der Waals surface area contributed by atoms with Gasteiger partial charge in [0, 0.05) is 6.07 Å². The number of nitrogens with zero attached hydrogens (tertiary/aromatic N) is 1. The standard InChI is InChI=1S/C8H13N3O2/c1-5(2)7-3-6(13-11-7)4-10-8(9)12/h3,5H,4H2,1-2H3,(H3,9,10,12). The molecule has 0 aliphatic rings. The van der Waals surface area contributed by atoms with Gasteiger partial charge in [0.05, 0.1) is 12.2 Å². The highest BCUT2D eigenvalue weighted by Crippen LogP contribution is 2.13. The molecule has 0 aliphatic carbocycles. The van der Waals surface area contributed by atoms with Crippen molar-refractivity contribution in [3.8, 4) is 0 Å². The van der Waals surface area contributed by atoms with Crippen molar-refractivity contribution >= 4 is 6.03 Å². The van der Waals surface area contributed by atoms with Gasteiger partial charge in [0.25, 0.3) is 0 Å². The van der Waals surface area contributed by atoms with E-state index in [4.69, 9.17) is 10.3 Å². The van der Waals surface area contributed by atoms with Crippen LogP contribution in [0.4, 0.5) is 4.79 Å². The van der Waals surface area contributed by atoms with Crippen molar-refractivity contribution in [1.82, 2.24) is 10.5 Å². The number of aromatic nitrogens is 1. The average Bonchev–Trinajstić information content (AvgIpc) is 2.48. The highest BCUT2D eigenvalue weighted by atomic mass is 16.5. The molecule has 1 aromatic rings. The number of carbonyl (C=O) groups excluding carboxylic acids is 1. The van der Waals surface area contributed by atoms with Crippen molar-refractivity contribution in [2.75, 3.05) is 0 Å². The summed E-state index contributed by atoms with van der Waals surface area (Å²) in [6.45, 7) is 4.32. The number of carbonyl (C=O) groups is 1. The van der Waals surface area contributed by atoms with Crippen LogP contribution in [0.5, 0.6) is 0 Å². The van der Waals surface area contributed by atoms with E-state index in [0.29, 0.717) is 11.7 Å². The van der Waals surface area contributed by atoms with Crippen LogP contribution in [-0.2, 0) is 6.54 Å². The fourth-order valence-corrected chi connectivity index (χ4v) is 0.859. The van der Waals surface area contributed by atoms with Gasteiger partial charge < -0.3 is 15.6 Å². The SMILES string of the molecule is CC(C)c1cc(CNC(N)=O)on1. The van der Waals surface area contributed by atoms with Gasteiger partial charge in [0.1, 0.15) is 0 Å². The van der Waals surface area contributed by atoms with Crippen molar-refractivity contribution in [2.24, 2.45) is 5.73 Å². The van der Waals surface area contributed by atoms with Gasteiger partial charge in [-0.15, -0.1) is 0 Å². The minimum Gasteiger partial charge on any atom is -0.359 e. The zero-order chi connectivity index (χ0) is 9.84. The first-order valence-electron chi connectivity index (χ1n) is 4.08. The molecule has 0 aliphatic heterocycles. The number of nitrogens with one attached hydrogen (secondary N) is 1. The van der Waals surface area contributed by atoms with Crippen molar-refractivity contribution in [1.29, 1.82) is 0 Å². The minimum atomic E-state index is -0.567. The Labute approximate surface area is 76.3 Å². The van der Waals surface area contributed by atoms with Crippen molar-refractivity contribution in [3.63, 3.8) is 0 Å². The first-order valence-corrected chi connectivity index (χ1v) is 4.08. The summed E-state index contributed by atoms with van der Waals surface area (Å²) in [5.41, 5.74) is 5.77. The second-order valence-corrected chi connectivity index (χ2v) is 3.09. The summed E-state index contributed by atoms with van der Waals surface area (Å²) in [5, 5.41) is 6.25. The first kappa shape index (κ1) is 9.57. The summed E-state index contributed by atoms with van der Waals surface area (Å²) in [7, 11) is 0. The lowest BCUT2D eigenvalue weighted by Gasteiger charge is -1.95. The Bertz CT molecular complexity index is 293. The highest BCUT2D eigenvalue weighted by molar-refractivity contribution is 5.71. The summed E-state index contributed by atoms with van der Waals surface area (Å²) in [6, 6.07) is 1.24. The molecule has 0 atom stereocenters. The van der Waals surface area contributed by atoms with Gasteiger partial charge in [0.15, 0.2) is 5.76 Å². The highest BCUT2D eigenvalue weighted by Gasteiger charge is 2.07. The molecule has 1 rings (SSSR count). The zero-order valence-electron chi connectivity index (χ0n) is 7.70. The van der Waals surface area contributed by atoms with Gasteiger partial charge in [-0.05, 0) is 5.92 Å². The van der Waals surface area contributed by atoms with E-state index in [1.54, 1.807) is 6.07 Å². The summed E-state index contributed by atoms with van der Waals surface area (Å²) < 4.78 is 4.96. The molecule has 1 aromatic heterocycles. The van der Waals surface area contributed by atoms with E-state index >= 15 is 0 Å². The maximum atomic E-state index is 10.4. The molecule has 0 unspecified atom stereocenters. The van der Waals surface area contributed by atoms with Crippen LogP contribution in [0.2, 0.25) is 0 Å². The summed E-state index contributed by atoms with van der Waals surface area (Å²) in [6.07, 6.45) is 0. The van der Waals surface area contributed by atoms with E-state index in [-0.39, 0.29) is 6.54 Å². The average molecular weight is 183 g/mol. The molecule has 5 heteroatoms. The Hall–Kier alpha value is -1.52. The van der Waals surface area contributed by atoms with E-state index < -0.39 is 6.03 Å². The van der Waals surface area contributed by atoms with Crippen LogP contribution < -0.4 is 11.1 Å². The van der Waals surface area contributed by atoms with Crippen LogP contribution >= 0.6 is 0 Å². The normalized spacial score (nSPS) is 10.4. The van der Waals surface area contributed by atoms with E-state index in [2.05, 4.69) is 10.5 Å². The van der Waals surface area contributed by atoms with E-state index in [9.17, 15) is 4.79 Å². The van der Waals surface area contributed by atoms with Crippen molar-refractivity contribution in [2.45, 2.75) is 26.3 Å². The number of urea groups is 1. The van der Waals surface area contributed by atoms with Crippen LogP contribution in [0.1, 0.15) is 31.2 Å². The van der Waals surface area contributed by atoms with Crippen LogP contribution in [0.15, 0.2) is 10.6 Å². The Kier molecular flexibility index (Phi) is 2.89. The summed E-state index contributed by atoms with van der Waals surface area (Å²) in [5.74, 6) is 0.938. The van der Waals surface area contributed by atoms with E-state index in [1.807, 2.05) is 13.8 Å². The number of rotatable bonds is 3.